The van der Waals surface area contributed by atoms with Gasteiger partial charge in [0.2, 0.25) is 11.6 Å². The highest BCUT2D eigenvalue weighted by atomic mass is 16.3. The number of nitrogens with one attached hydrogen (secondary N) is 8. The molecule has 464 valence electrons. The van der Waals surface area contributed by atoms with E-state index in [2.05, 4.69) is 67.5 Å². The average molecular weight is 1220 g/mol. The number of hydrogen-bond acceptors (Lipinski definition) is 14. The molecule has 16 bridgehead atoms. The Bertz CT molecular complexity index is 4240. The fourth-order valence-electron chi connectivity index (χ4n) is 9.65. The summed E-state index contributed by atoms with van der Waals surface area (Å²) in [4.78, 5) is 129. The summed E-state index contributed by atoms with van der Waals surface area (Å²) in [5.41, 5.74) is 8.65. The number of hydrogen-bond donors (Lipinski definition) is 12. The Labute approximate surface area is 505 Å². The van der Waals surface area contributed by atoms with E-state index in [0.29, 0.717) is 0 Å². The minimum absolute atomic E-state index is 0.0219. The van der Waals surface area contributed by atoms with Crippen LogP contribution in [0.15, 0.2) is 101 Å². The lowest BCUT2D eigenvalue weighted by atomic mass is 10.2. The Kier molecular flexibility index (Phi) is 17.7. The zero-order valence-corrected chi connectivity index (χ0v) is 49.6. The number of imidazole rings is 2. The number of carbonyl (C=O) groups is 8. The van der Waals surface area contributed by atoms with Gasteiger partial charge in [-0.3, -0.25) is 43.3 Å². The molecule has 1 aliphatic rings. The van der Waals surface area contributed by atoms with Gasteiger partial charge in [-0.05, 0) is 36.4 Å². The number of fused-ring (bicyclic) bond motifs is 16. The lowest BCUT2D eigenvalue weighted by molar-refractivity contribution is 0.0935. The van der Waals surface area contributed by atoms with Crippen LogP contribution < -0.4 is 48.3 Å². The molecule has 0 aromatic carbocycles. The molecule has 0 radical (unpaired) electrons. The number of aryl methyl sites for hydroxylation is 8. The molecule has 0 saturated heterocycles. The van der Waals surface area contributed by atoms with Crippen molar-refractivity contribution < 1.29 is 53.7 Å². The number of aliphatic imine (C=N–C) groups is 3. The zero-order valence-electron chi connectivity index (χ0n) is 49.6. The second-order valence-electron chi connectivity index (χ2n) is 21.1. The first kappa shape index (κ1) is 61.8. The monoisotopic (exact) mass is 1220 g/mol. The largest absolute Gasteiger partial charge is 0.497 e. The summed E-state index contributed by atoms with van der Waals surface area (Å²) in [7, 11) is 12.6. The molecule has 89 heavy (non-hydrogen) atoms. The van der Waals surface area contributed by atoms with Crippen LogP contribution in [-0.4, -0.2) is 152 Å². The number of aromatic nitrogens is 10. The quantitative estimate of drug-likeness (QED) is 0.0827. The molecule has 9 heterocycles. The van der Waals surface area contributed by atoms with Crippen molar-refractivity contribution >= 4 is 111 Å². The first-order valence-electron chi connectivity index (χ1n) is 27.2. The molecule has 1 aliphatic heterocycles. The van der Waals surface area contributed by atoms with Crippen LogP contribution in [0.25, 0.3) is 0 Å². The second kappa shape index (κ2) is 25.4. The second-order valence-corrected chi connectivity index (χ2v) is 21.1. The van der Waals surface area contributed by atoms with Crippen LogP contribution in [0.4, 0.5) is 45.8 Å². The van der Waals surface area contributed by atoms with Gasteiger partial charge in [-0.2, -0.15) is 9.98 Å². The zero-order chi connectivity index (χ0) is 64.3. The smallest absolute Gasteiger partial charge is 0.291 e. The van der Waals surface area contributed by atoms with Gasteiger partial charge in [-0.15, -0.1) is 0 Å². The minimum atomic E-state index is -0.939. The van der Waals surface area contributed by atoms with Gasteiger partial charge in [-0.1, -0.05) is 0 Å². The molecule has 0 spiro atoms. The first-order chi connectivity index (χ1) is 42.1. The molecule has 33 heteroatoms. The summed E-state index contributed by atoms with van der Waals surface area (Å²) in [6.07, 6.45) is 11.4. The fraction of sp³-hybridized carbons (Fsp3) is 0.268. The van der Waals surface area contributed by atoms with Gasteiger partial charge in [0.1, 0.15) is 34.2 Å². The highest BCUT2D eigenvalue weighted by Crippen LogP contribution is 2.24. The normalized spacial score (nSPS) is 16.8. The van der Waals surface area contributed by atoms with Crippen LogP contribution in [0, 0.1) is 0 Å². The molecular weight excluding hydrogens is 1160 g/mol. The van der Waals surface area contributed by atoms with Crippen LogP contribution >= 0.6 is 0 Å². The van der Waals surface area contributed by atoms with Crippen molar-refractivity contribution in [1.29, 1.82) is 0 Å². The van der Waals surface area contributed by atoms with E-state index < -0.39 is 71.1 Å². The number of rotatable bonds is 1. The Balaban J connectivity index is 0.924. The van der Waals surface area contributed by atoms with Crippen molar-refractivity contribution in [2.24, 2.45) is 77.1 Å². The lowest BCUT2D eigenvalue weighted by Gasteiger charge is -2.13. The Hall–Kier alpha value is -11.8. The number of nitrogens with zero attached hydrogens (tertiary/aromatic N) is 13. The number of amides is 8. The van der Waals surface area contributed by atoms with E-state index in [-0.39, 0.29) is 123 Å². The van der Waals surface area contributed by atoms with E-state index in [9.17, 15) is 53.7 Å². The van der Waals surface area contributed by atoms with Gasteiger partial charge < -0.3 is 100 Å². The van der Waals surface area contributed by atoms with Crippen LogP contribution in [-0.2, 0) is 56.4 Å². The molecule has 2 atom stereocenters. The standard InChI is InChI=1S/C56H64N22O11/c1-28(79)60-30-17-46(81)68-44-27-78(9)48(70-44)56(89)66-36-16-42(76(7)25-36)54(87)63-33-13-39(73(4)22-33)51(84)61-31-11-37(71(2)20-31)49(82)58-18-29(57)10-45(80)67-43-26-77(8)47(69-43)55(88)65-35-15-41(75(6)24-35)53(86)64-34-14-40(74(5)23-34)52(85)62-32-12-38(72(3)21-32)50(83)59-19-30/h11-16,20-27,29-30H,10,17-19,57H2,1-9H3,(H,58,82)(H,59,83)(H,60,79)(H,61,84)(H,62,85)(H,63,87)(H,64,86)(H,65,88)(H,66,89)(H,67,80)(H,68,81)/t29-,30-/m1/s1. The molecule has 0 saturated carbocycles. The number of aliphatic hydroxyl groups is 3. The third-order valence-electron chi connectivity index (χ3n) is 13.8. The first-order valence-corrected chi connectivity index (χ1v) is 27.2. The average Bonchev–Trinajstić information content (AvgIpc) is 2.54. The highest BCUT2D eigenvalue weighted by Gasteiger charge is 2.25. The van der Waals surface area contributed by atoms with Crippen LogP contribution in [0.3, 0.4) is 0 Å². The van der Waals surface area contributed by atoms with Gasteiger partial charge in [0, 0.05) is 132 Å². The van der Waals surface area contributed by atoms with Gasteiger partial charge in [0.05, 0.1) is 52.6 Å². The van der Waals surface area contributed by atoms with E-state index in [1.807, 2.05) is 0 Å². The number of nitrogens with two attached hydrogens (primary N) is 1. The number of anilines is 6. The Morgan fingerprint density at radius 3 is 1.02 bits per heavy atom. The topological polar surface area (TPSA) is 422 Å². The lowest BCUT2D eigenvalue weighted by Crippen LogP contribution is -2.39. The summed E-state index contributed by atoms with van der Waals surface area (Å²) >= 11 is 0. The SMILES string of the molecule is CC(O)=N[C@H]1CNC(=O)c2cc(cn2C)NC(=O)c2cc(cn2C)NC(=O)c2cc(cn2C)NC(=O)c2nc(cn2C)N=C(O)C[C@@H](N)CNC(=O)c2cc(cn2C)NC(=O)c2cc(cn2C)NC(=O)c2cc(cn2C)NC(=O)c2nc(cn2C)N=C(O)C1. The molecule has 0 fully saturated rings. The van der Waals surface area contributed by atoms with E-state index >= 15 is 0 Å². The van der Waals surface area contributed by atoms with Crippen LogP contribution in [0.2, 0.25) is 0 Å². The van der Waals surface area contributed by atoms with Crippen molar-refractivity contribution in [2.75, 3.05) is 45.0 Å². The van der Waals surface area contributed by atoms with Crippen molar-refractivity contribution in [3.8, 4) is 0 Å². The van der Waals surface area contributed by atoms with E-state index in [4.69, 9.17) is 5.73 Å². The molecule has 8 amide bonds. The van der Waals surface area contributed by atoms with Crippen LogP contribution in [0.5, 0.6) is 0 Å². The molecule has 0 aliphatic carbocycles. The van der Waals surface area contributed by atoms with Gasteiger partial charge in [-0.25, -0.2) is 9.97 Å². The van der Waals surface area contributed by atoms with Gasteiger partial charge >= 0.3 is 0 Å². The third kappa shape index (κ3) is 14.5. The molecule has 33 nitrogen and oxygen atoms in total. The predicted octanol–water partition coefficient (Wildman–Crippen LogP) is 3.50. The molecule has 13 N–H and O–H groups in total. The van der Waals surface area contributed by atoms with Crippen molar-refractivity contribution in [3.05, 3.63) is 132 Å². The third-order valence-corrected chi connectivity index (χ3v) is 13.8. The molecule has 9 rings (SSSR count). The van der Waals surface area contributed by atoms with Gasteiger partial charge in [0.15, 0.2) is 29.3 Å². The highest BCUT2D eigenvalue weighted by molar-refractivity contribution is 6.10. The molecule has 0 unspecified atom stereocenters. The summed E-state index contributed by atoms with van der Waals surface area (Å²) in [5, 5.41) is 53.7. The van der Waals surface area contributed by atoms with Crippen LogP contribution in [0.1, 0.15) is 104 Å². The Morgan fingerprint density at radius 2 is 0.708 bits per heavy atom. The predicted molar refractivity (Wildman–Crippen MR) is 327 cm³/mol. The maximum Gasteiger partial charge on any atom is 0.291 e. The van der Waals surface area contributed by atoms with Crippen molar-refractivity contribution in [3.63, 3.8) is 0 Å². The maximum atomic E-state index is 13.6. The summed E-state index contributed by atoms with van der Waals surface area (Å²) in [6, 6.07) is 6.89. The summed E-state index contributed by atoms with van der Waals surface area (Å²) in [5.74, 6) is -6.34. The van der Waals surface area contributed by atoms with E-state index in [1.165, 1.54) is 136 Å². The number of carbonyl (C=O) groups excluding carboxylic acids is 8. The molecule has 8 aromatic heterocycles. The van der Waals surface area contributed by atoms with Crippen molar-refractivity contribution in [1.82, 2.24) is 57.1 Å². The number of aliphatic hydroxyl groups excluding tert-OH is 3. The molecular formula is C56H64N22O11. The minimum Gasteiger partial charge on any atom is -0.497 e. The van der Waals surface area contributed by atoms with Gasteiger partial charge in [0.25, 0.3) is 47.3 Å². The summed E-state index contributed by atoms with van der Waals surface area (Å²) in [6.45, 7) is 1.02. The summed E-state index contributed by atoms with van der Waals surface area (Å²) < 4.78 is 11.7. The fourth-order valence-corrected chi connectivity index (χ4v) is 9.65. The molecule has 8 aromatic rings. The van der Waals surface area contributed by atoms with E-state index in [1.54, 1.807) is 49.3 Å². The maximum absolute atomic E-state index is 13.6. The Morgan fingerprint density at radius 1 is 0.427 bits per heavy atom. The van der Waals surface area contributed by atoms with E-state index in [0.717, 1.165) is 0 Å². The van der Waals surface area contributed by atoms with Crippen molar-refractivity contribution in [2.45, 2.75) is 31.8 Å².